The summed E-state index contributed by atoms with van der Waals surface area (Å²) < 4.78 is 0. The van der Waals surface area contributed by atoms with Crippen molar-refractivity contribution >= 4 is 41.6 Å². The van der Waals surface area contributed by atoms with Crippen LogP contribution in [0.3, 0.4) is 0 Å². The molecule has 7 heteroatoms. The normalized spacial score (nSPS) is 25.8. The van der Waals surface area contributed by atoms with Crippen LogP contribution in [0, 0.1) is 18.3 Å². The minimum Gasteiger partial charge on any atom is -0.481 e. The minimum atomic E-state index is -0.718. The summed E-state index contributed by atoms with van der Waals surface area (Å²) in [6.07, 6.45) is 2.62. The molecule has 1 aliphatic carbocycles. The molecule has 2 fully saturated rings. The van der Waals surface area contributed by atoms with Crippen LogP contribution in [0.4, 0.5) is 5.69 Å². The van der Waals surface area contributed by atoms with Crippen molar-refractivity contribution in [2.24, 2.45) is 11.3 Å². The highest BCUT2D eigenvalue weighted by Gasteiger charge is 2.54. The van der Waals surface area contributed by atoms with Gasteiger partial charge in [0.25, 0.3) is 0 Å². The first-order chi connectivity index (χ1) is 10.9. The molecule has 0 bridgehead atoms. The van der Waals surface area contributed by atoms with Gasteiger partial charge >= 0.3 is 5.97 Å². The predicted molar refractivity (Wildman–Crippen MR) is 95.9 cm³/mol. The van der Waals surface area contributed by atoms with E-state index in [1.807, 2.05) is 17.9 Å². The number of amides is 1. The Balaban J connectivity index is 0.00000208. The lowest BCUT2D eigenvalue weighted by Gasteiger charge is -2.23. The average molecular weight is 373 g/mol. The summed E-state index contributed by atoms with van der Waals surface area (Å²) in [5.74, 6) is -0.712. The van der Waals surface area contributed by atoms with Crippen molar-refractivity contribution in [3.63, 3.8) is 0 Å². The molecular weight excluding hydrogens is 351 g/mol. The zero-order valence-corrected chi connectivity index (χ0v) is 15.1. The molecule has 0 spiro atoms. The van der Waals surface area contributed by atoms with Gasteiger partial charge in [-0.1, -0.05) is 24.1 Å². The molecule has 1 saturated carbocycles. The number of anilines is 1. The van der Waals surface area contributed by atoms with Gasteiger partial charge in [0.15, 0.2) is 0 Å². The number of rotatable bonds is 4. The second-order valence-electron chi connectivity index (χ2n) is 6.75. The maximum atomic E-state index is 12.2. The fourth-order valence-corrected chi connectivity index (χ4v) is 4.26. The van der Waals surface area contributed by atoms with E-state index in [0.29, 0.717) is 23.8 Å². The third-order valence-corrected chi connectivity index (χ3v) is 5.45. The van der Waals surface area contributed by atoms with Crippen molar-refractivity contribution < 1.29 is 14.7 Å². The van der Waals surface area contributed by atoms with Crippen molar-refractivity contribution in [1.82, 2.24) is 4.90 Å². The van der Waals surface area contributed by atoms with E-state index in [4.69, 9.17) is 11.6 Å². The van der Waals surface area contributed by atoms with Gasteiger partial charge in [0.1, 0.15) is 0 Å². The Labute approximate surface area is 152 Å². The lowest BCUT2D eigenvalue weighted by Crippen LogP contribution is -2.37. The number of carboxylic acid groups (broad SMARTS) is 1. The number of aryl methyl sites for hydroxylation is 1. The summed E-state index contributed by atoms with van der Waals surface area (Å²) in [7, 11) is 0. The SMILES string of the molecule is Cc1ccc(NC(=O)CN2C[C@@H]3CCC[C@@]3(C(=O)O)C2)c(Cl)c1.Cl. The summed E-state index contributed by atoms with van der Waals surface area (Å²) in [6.45, 7) is 3.28. The maximum absolute atomic E-state index is 12.2. The van der Waals surface area contributed by atoms with Crippen molar-refractivity contribution in [3.05, 3.63) is 28.8 Å². The maximum Gasteiger partial charge on any atom is 0.311 e. The molecule has 1 aromatic carbocycles. The minimum absolute atomic E-state index is 0. The van der Waals surface area contributed by atoms with Gasteiger partial charge < -0.3 is 10.4 Å². The van der Waals surface area contributed by atoms with Crippen LogP contribution in [0.2, 0.25) is 5.02 Å². The number of likely N-dealkylation sites (tertiary alicyclic amines) is 1. The number of nitrogens with zero attached hydrogens (tertiary/aromatic N) is 1. The molecule has 132 valence electrons. The van der Waals surface area contributed by atoms with E-state index in [0.717, 1.165) is 24.8 Å². The largest absolute Gasteiger partial charge is 0.481 e. The Hall–Kier alpha value is -1.30. The van der Waals surface area contributed by atoms with Gasteiger partial charge in [-0.25, -0.2) is 0 Å². The third kappa shape index (κ3) is 3.53. The van der Waals surface area contributed by atoms with Gasteiger partial charge in [-0.2, -0.15) is 0 Å². The Morgan fingerprint density at radius 3 is 2.83 bits per heavy atom. The first kappa shape index (κ1) is 19.0. The van der Waals surface area contributed by atoms with Crippen LogP contribution in [-0.2, 0) is 9.59 Å². The lowest BCUT2D eigenvalue weighted by molar-refractivity contribution is -0.149. The fourth-order valence-electron chi connectivity index (χ4n) is 3.98. The van der Waals surface area contributed by atoms with Crippen LogP contribution in [0.25, 0.3) is 0 Å². The van der Waals surface area contributed by atoms with Crippen molar-refractivity contribution in [2.75, 3.05) is 25.0 Å². The number of hydrogen-bond acceptors (Lipinski definition) is 3. The summed E-state index contributed by atoms with van der Waals surface area (Å²) in [5, 5.41) is 12.9. The Bertz CT molecular complexity index is 653. The number of carbonyl (C=O) groups excluding carboxylic acids is 1. The number of halogens is 2. The monoisotopic (exact) mass is 372 g/mol. The Kier molecular flexibility index (Phi) is 5.78. The predicted octanol–water partition coefficient (Wildman–Crippen LogP) is 3.20. The molecule has 24 heavy (non-hydrogen) atoms. The highest BCUT2D eigenvalue weighted by atomic mass is 35.5. The quantitative estimate of drug-likeness (QED) is 0.851. The summed E-state index contributed by atoms with van der Waals surface area (Å²) in [5.41, 5.74) is 0.972. The molecule has 1 aromatic rings. The third-order valence-electron chi connectivity index (χ3n) is 5.13. The number of hydrogen-bond donors (Lipinski definition) is 2. The summed E-state index contributed by atoms with van der Waals surface area (Å²) >= 11 is 6.13. The number of aliphatic carboxylic acids is 1. The molecule has 1 heterocycles. The zero-order chi connectivity index (χ0) is 16.6. The van der Waals surface area contributed by atoms with Crippen molar-refractivity contribution in [1.29, 1.82) is 0 Å². The summed E-state index contributed by atoms with van der Waals surface area (Å²) in [4.78, 5) is 25.9. The average Bonchev–Trinajstić information content (AvgIpc) is 2.99. The van der Waals surface area contributed by atoms with Crippen molar-refractivity contribution in [2.45, 2.75) is 26.2 Å². The Morgan fingerprint density at radius 1 is 1.46 bits per heavy atom. The molecule has 0 aromatic heterocycles. The molecule has 1 aliphatic heterocycles. The van der Waals surface area contributed by atoms with Crippen LogP contribution < -0.4 is 5.32 Å². The van der Waals surface area contributed by atoms with E-state index in [9.17, 15) is 14.7 Å². The van der Waals surface area contributed by atoms with Gasteiger partial charge in [0.2, 0.25) is 5.91 Å². The first-order valence-corrected chi connectivity index (χ1v) is 8.30. The van der Waals surface area contributed by atoms with E-state index >= 15 is 0 Å². The van der Waals surface area contributed by atoms with E-state index in [2.05, 4.69) is 5.32 Å². The number of fused-ring (bicyclic) bond motifs is 1. The van der Waals surface area contributed by atoms with Gasteiger partial charge in [0.05, 0.1) is 22.7 Å². The molecule has 2 aliphatic rings. The molecule has 2 N–H and O–H groups in total. The van der Waals surface area contributed by atoms with E-state index in [1.54, 1.807) is 12.1 Å². The summed E-state index contributed by atoms with van der Waals surface area (Å²) in [6, 6.07) is 5.48. The highest BCUT2D eigenvalue weighted by Crippen LogP contribution is 2.48. The second-order valence-corrected chi connectivity index (χ2v) is 7.16. The number of carbonyl (C=O) groups is 2. The molecular formula is C17H22Cl2N2O3. The standard InChI is InChI=1S/C17H21ClN2O3.ClH/c1-11-4-5-14(13(18)7-11)19-15(21)9-20-8-12-3-2-6-17(12,10-20)16(22)23;/h4-5,7,12H,2-3,6,8-10H2,1H3,(H,19,21)(H,22,23);1H/t12-,17+;/m0./s1. The molecule has 3 rings (SSSR count). The molecule has 0 unspecified atom stereocenters. The van der Waals surface area contributed by atoms with Crippen molar-refractivity contribution in [3.8, 4) is 0 Å². The van der Waals surface area contributed by atoms with Gasteiger partial charge in [-0.15, -0.1) is 12.4 Å². The molecule has 0 radical (unpaired) electrons. The smallest absolute Gasteiger partial charge is 0.311 e. The van der Waals surface area contributed by atoms with Crippen LogP contribution in [0.1, 0.15) is 24.8 Å². The molecule has 1 saturated heterocycles. The highest BCUT2D eigenvalue weighted by molar-refractivity contribution is 6.33. The second kappa shape index (κ2) is 7.30. The van der Waals surface area contributed by atoms with Gasteiger partial charge in [0, 0.05) is 13.1 Å². The van der Waals surface area contributed by atoms with Crippen LogP contribution in [0.5, 0.6) is 0 Å². The van der Waals surface area contributed by atoms with Crippen LogP contribution in [0.15, 0.2) is 18.2 Å². The number of benzene rings is 1. The Morgan fingerprint density at radius 2 is 2.21 bits per heavy atom. The lowest BCUT2D eigenvalue weighted by atomic mass is 9.81. The molecule has 1 amide bonds. The van der Waals surface area contributed by atoms with E-state index < -0.39 is 11.4 Å². The van der Waals surface area contributed by atoms with Gasteiger partial charge in [-0.3, -0.25) is 14.5 Å². The van der Waals surface area contributed by atoms with Gasteiger partial charge in [-0.05, 0) is 43.4 Å². The van der Waals surface area contributed by atoms with Crippen LogP contribution in [-0.4, -0.2) is 41.5 Å². The fraction of sp³-hybridized carbons (Fsp3) is 0.529. The number of carboxylic acids is 1. The number of nitrogens with one attached hydrogen (secondary N) is 1. The molecule has 5 nitrogen and oxygen atoms in total. The topological polar surface area (TPSA) is 69.6 Å². The van der Waals surface area contributed by atoms with Crippen LogP contribution >= 0.6 is 24.0 Å². The molecule has 2 atom stereocenters. The van der Waals surface area contributed by atoms with E-state index in [-0.39, 0.29) is 30.8 Å². The zero-order valence-electron chi connectivity index (χ0n) is 13.5. The first-order valence-electron chi connectivity index (χ1n) is 7.92. The van der Waals surface area contributed by atoms with E-state index in [1.165, 1.54) is 0 Å².